The fraction of sp³-hybridized carbons (Fsp3) is 0.300. The van der Waals surface area contributed by atoms with Gasteiger partial charge in [-0.05, 0) is 40.5 Å². The van der Waals surface area contributed by atoms with Gasteiger partial charge >= 0.3 is 0 Å². The molecule has 0 aliphatic heterocycles. The van der Waals surface area contributed by atoms with Crippen molar-refractivity contribution < 1.29 is 4.39 Å². The van der Waals surface area contributed by atoms with Gasteiger partial charge in [0.1, 0.15) is 11.7 Å². The van der Waals surface area contributed by atoms with Gasteiger partial charge in [-0.1, -0.05) is 6.92 Å². The maximum Gasteiger partial charge on any atom is 0.126 e. The second kappa shape index (κ2) is 5.10. The van der Waals surface area contributed by atoms with Crippen molar-refractivity contribution in [2.75, 3.05) is 6.54 Å². The summed E-state index contributed by atoms with van der Waals surface area (Å²) < 4.78 is 13.4. The molecule has 0 spiro atoms. The van der Waals surface area contributed by atoms with E-state index in [0.717, 1.165) is 12.0 Å². The summed E-state index contributed by atoms with van der Waals surface area (Å²) in [5, 5.41) is 0. The van der Waals surface area contributed by atoms with Gasteiger partial charge in [0.05, 0.1) is 0 Å². The van der Waals surface area contributed by atoms with Crippen molar-refractivity contribution in [3.63, 3.8) is 0 Å². The highest BCUT2D eigenvalue weighted by molar-refractivity contribution is 9.10. The van der Waals surface area contributed by atoms with Crippen molar-refractivity contribution >= 4 is 21.8 Å². The first-order valence-electron chi connectivity index (χ1n) is 4.40. The number of aliphatic imine (C=N–C) groups is 1. The Bertz CT molecular complexity index is 350. The molecule has 0 heterocycles. The Hall–Kier alpha value is -0.900. The van der Waals surface area contributed by atoms with Gasteiger partial charge in [0, 0.05) is 16.6 Å². The molecule has 1 aromatic rings. The number of hydrogen-bond acceptors (Lipinski definition) is 1. The molecule has 0 bridgehead atoms. The van der Waals surface area contributed by atoms with E-state index in [0.29, 0.717) is 16.9 Å². The smallest absolute Gasteiger partial charge is 0.126 e. The van der Waals surface area contributed by atoms with Crippen LogP contribution in [-0.2, 0) is 0 Å². The highest BCUT2D eigenvalue weighted by Crippen LogP contribution is 2.17. The largest absolute Gasteiger partial charge is 0.383 e. The van der Waals surface area contributed by atoms with E-state index in [2.05, 4.69) is 20.9 Å². The van der Waals surface area contributed by atoms with Crippen LogP contribution in [0, 0.1) is 5.82 Å². The first-order valence-corrected chi connectivity index (χ1v) is 5.19. The van der Waals surface area contributed by atoms with Crippen molar-refractivity contribution in [1.29, 1.82) is 0 Å². The molecule has 1 rings (SSSR count). The Balaban J connectivity index is 2.95. The summed E-state index contributed by atoms with van der Waals surface area (Å²) in [4.78, 5) is 4.15. The van der Waals surface area contributed by atoms with E-state index in [1.165, 1.54) is 12.1 Å². The average molecular weight is 259 g/mol. The van der Waals surface area contributed by atoms with E-state index in [9.17, 15) is 4.39 Å². The first kappa shape index (κ1) is 11.2. The minimum atomic E-state index is -0.288. The third-order valence-electron chi connectivity index (χ3n) is 1.71. The van der Waals surface area contributed by atoms with E-state index >= 15 is 0 Å². The molecule has 0 aromatic heterocycles. The van der Waals surface area contributed by atoms with Crippen LogP contribution < -0.4 is 5.73 Å². The molecule has 14 heavy (non-hydrogen) atoms. The molecule has 2 N–H and O–H groups in total. The molecule has 0 aliphatic rings. The average Bonchev–Trinajstić information content (AvgIpc) is 2.14. The van der Waals surface area contributed by atoms with Crippen LogP contribution in [0.15, 0.2) is 27.7 Å². The molecular weight excluding hydrogens is 247 g/mol. The monoisotopic (exact) mass is 258 g/mol. The summed E-state index contributed by atoms with van der Waals surface area (Å²) in [5.41, 5.74) is 6.47. The van der Waals surface area contributed by atoms with E-state index in [4.69, 9.17) is 5.73 Å². The number of nitrogens with two attached hydrogens (primary N) is 1. The van der Waals surface area contributed by atoms with Crippen molar-refractivity contribution in [1.82, 2.24) is 0 Å². The lowest BCUT2D eigenvalue weighted by Gasteiger charge is -2.03. The third kappa shape index (κ3) is 2.80. The minimum Gasteiger partial charge on any atom is -0.383 e. The summed E-state index contributed by atoms with van der Waals surface area (Å²) in [5.74, 6) is 0.155. The fourth-order valence-corrected chi connectivity index (χ4v) is 1.57. The van der Waals surface area contributed by atoms with Crippen LogP contribution in [0.1, 0.15) is 18.9 Å². The molecule has 0 fully saturated rings. The van der Waals surface area contributed by atoms with Crippen LogP contribution in [0.4, 0.5) is 4.39 Å². The molecule has 0 radical (unpaired) electrons. The van der Waals surface area contributed by atoms with Gasteiger partial charge in [-0.3, -0.25) is 4.99 Å². The number of rotatable bonds is 3. The third-order valence-corrected chi connectivity index (χ3v) is 2.37. The van der Waals surface area contributed by atoms with E-state index < -0.39 is 0 Å². The first-order chi connectivity index (χ1) is 6.65. The van der Waals surface area contributed by atoms with Crippen LogP contribution in [0.5, 0.6) is 0 Å². The van der Waals surface area contributed by atoms with Crippen molar-refractivity contribution in [3.8, 4) is 0 Å². The summed E-state index contributed by atoms with van der Waals surface area (Å²) in [6, 6.07) is 4.37. The van der Waals surface area contributed by atoms with Crippen molar-refractivity contribution in [3.05, 3.63) is 34.1 Å². The standard InChI is InChI=1S/C10H12BrFN2/c1-2-5-14-10(13)8-4-3-7(12)6-9(8)11/h3-4,6H,2,5H2,1H3,(H2,13,14). The maximum absolute atomic E-state index is 12.8. The second-order valence-corrected chi connectivity index (χ2v) is 3.75. The van der Waals surface area contributed by atoms with Crippen molar-refractivity contribution in [2.45, 2.75) is 13.3 Å². The van der Waals surface area contributed by atoms with E-state index in [1.54, 1.807) is 6.07 Å². The minimum absolute atomic E-state index is 0.288. The molecule has 2 nitrogen and oxygen atoms in total. The lowest BCUT2D eigenvalue weighted by molar-refractivity contribution is 0.627. The van der Waals surface area contributed by atoms with Gasteiger partial charge in [-0.2, -0.15) is 0 Å². The SMILES string of the molecule is CCCN=C(N)c1ccc(F)cc1Br. The Morgan fingerprint density at radius 1 is 1.57 bits per heavy atom. The zero-order valence-electron chi connectivity index (χ0n) is 7.93. The molecule has 0 saturated heterocycles. The maximum atomic E-state index is 12.8. The fourth-order valence-electron chi connectivity index (χ4n) is 1.01. The van der Waals surface area contributed by atoms with Gasteiger partial charge in [0.2, 0.25) is 0 Å². The van der Waals surface area contributed by atoms with Crippen LogP contribution in [0.3, 0.4) is 0 Å². The Labute approximate surface area is 91.2 Å². The quantitative estimate of drug-likeness (QED) is 0.657. The molecule has 0 aliphatic carbocycles. The van der Waals surface area contributed by atoms with Gasteiger partial charge in [-0.25, -0.2) is 4.39 Å². The molecule has 0 amide bonds. The van der Waals surface area contributed by atoms with E-state index in [-0.39, 0.29) is 5.82 Å². The van der Waals surface area contributed by atoms with Crippen molar-refractivity contribution in [2.24, 2.45) is 10.7 Å². The molecule has 0 saturated carbocycles. The van der Waals surface area contributed by atoms with Gasteiger partial charge < -0.3 is 5.73 Å². The predicted molar refractivity (Wildman–Crippen MR) is 60.0 cm³/mol. The second-order valence-electron chi connectivity index (χ2n) is 2.89. The zero-order valence-corrected chi connectivity index (χ0v) is 9.51. The zero-order chi connectivity index (χ0) is 10.6. The predicted octanol–water partition coefficient (Wildman–Crippen LogP) is 2.70. The Morgan fingerprint density at radius 3 is 2.86 bits per heavy atom. The molecule has 1 aromatic carbocycles. The Kier molecular flexibility index (Phi) is 4.07. The summed E-state index contributed by atoms with van der Waals surface area (Å²) in [7, 11) is 0. The molecular formula is C10H12BrFN2. The lowest BCUT2D eigenvalue weighted by Crippen LogP contribution is -2.14. The van der Waals surface area contributed by atoms with E-state index in [1.807, 2.05) is 6.92 Å². The molecule has 4 heteroatoms. The lowest BCUT2D eigenvalue weighted by atomic mass is 10.2. The topological polar surface area (TPSA) is 38.4 Å². The number of nitrogens with zero attached hydrogens (tertiary/aromatic N) is 1. The molecule has 0 atom stereocenters. The highest BCUT2D eigenvalue weighted by atomic mass is 79.9. The van der Waals surface area contributed by atoms with Gasteiger partial charge in [0.15, 0.2) is 0 Å². The number of halogens is 2. The van der Waals surface area contributed by atoms with Gasteiger partial charge in [-0.15, -0.1) is 0 Å². The number of hydrogen-bond donors (Lipinski definition) is 1. The van der Waals surface area contributed by atoms with Crippen LogP contribution in [0.25, 0.3) is 0 Å². The number of benzene rings is 1. The molecule has 0 unspecified atom stereocenters. The summed E-state index contributed by atoms with van der Waals surface area (Å²) in [6.07, 6.45) is 0.944. The van der Waals surface area contributed by atoms with Crippen LogP contribution in [-0.4, -0.2) is 12.4 Å². The number of amidine groups is 1. The summed E-state index contributed by atoms with van der Waals surface area (Å²) in [6.45, 7) is 2.71. The van der Waals surface area contributed by atoms with Crippen LogP contribution >= 0.6 is 15.9 Å². The summed E-state index contributed by atoms with van der Waals surface area (Å²) >= 11 is 3.24. The van der Waals surface area contributed by atoms with Crippen LogP contribution in [0.2, 0.25) is 0 Å². The normalized spacial score (nSPS) is 11.8. The highest BCUT2D eigenvalue weighted by Gasteiger charge is 2.04. The van der Waals surface area contributed by atoms with Gasteiger partial charge in [0.25, 0.3) is 0 Å². The molecule has 76 valence electrons. The Morgan fingerprint density at radius 2 is 2.29 bits per heavy atom.